The molecule has 0 aromatic heterocycles. The lowest BCUT2D eigenvalue weighted by atomic mass is 9.97. The van der Waals surface area contributed by atoms with Gasteiger partial charge in [-0.1, -0.05) is 60.7 Å². The number of rotatable bonds is 20. The van der Waals surface area contributed by atoms with E-state index in [2.05, 4.69) is 10.6 Å². The number of esters is 2. The fourth-order valence-electron chi connectivity index (χ4n) is 4.98. The van der Waals surface area contributed by atoms with Gasteiger partial charge in [0.2, 0.25) is 0 Å². The van der Waals surface area contributed by atoms with Gasteiger partial charge in [0.15, 0.2) is 11.6 Å². The lowest BCUT2D eigenvalue weighted by Crippen LogP contribution is -2.24. The minimum atomic E-state index is -1.13. The van der Waals surface area contributed by atoms with Gasteiger partial charge in [-0.15, -0.1) is 0 Å². The molecule has 0 spiro atoms. The summed E-state index contributed by atoms with van der Waals surface area (Å²) in [4.78, 5) is 86.7. The Kier molecular flexibility index (Phi) is 15.9. The summed E-state index contributed by atoms with van der Waals surface area (Å²) >= 11 is 0. The normalized spacial score (nSPS) is 10.5. The number of carbonyl (C=O) groups is 6. The molecule has 0 unspecified atom stereocenters. The number of carbonyl (C=O) groups excluding carboxylic acids is 6. The summed E-state index contributed by atoms with van der Waals surface area (Å²) in [6.45, 7) is 4.57. The van der Waals surface area contributed by atoms with Crippen LogP contribution in [0, 0.1) is 0 Å². The van der Waals surface area contributed by atoms with Crippen LogP contribution in [0.2, 0.25) is 0 Å². The van der Waals surface area contributed by atoms with Crippen molar-refractivity contribution in [2.75, 3.05) is 39.8 Å². The lowest BCUT2D eigenvalue weighted by molar-refractivity contribution is -0.187. The summed E-state index contributed by atoms with van der Waals surface area (Å²) < 4.78 is 21.3. The smallest absolute Gasteiger partial charge is 0.387 e. The van der Waals surface area contributed by atoms with Crippen molar-refractivity contribution in [2.24, 2.45) is 0 Å². The topological polar surface area (TPSA) is 182 Å². The number of benzene rings is 4. The molecular formula is C40H40N2O12. The Hall–Kier alpha value is -6.38. The van der Waals surface area contributed by atoms with Gasteiger partial charge in [-0.2, -0.15) is 0 Å². The molecule has 0 amide bonds. The predicted octanol–water partition coefficient (Wildman–Crippen LogP) is 4.84. The van der Waals surface area contributed by atoms with Crippen molar-refractivity contribution in [3.63, 3.8) is 0 Å². The van der Waals surface area contributed by atoms with Crippen molar-refractivity contribution in [2.45, 2.75) is 26.7 Å². The highest BCUT2D eigenvalue weighted by molar-refractivity contribution is 6.17. The van der Waals surface area contributed by atoms with E-state index in [1.807, 2.05) is 0 Å². The molecule has 4 aromatic rings. The average molecular weight is 741 g/mol. The number of hydrogen-bond acceptors (Lipinski definition) is 14. The number of para-hydroxylation sites is 2. The van der Waals surface area contributed by atoms with Crippen molar-refractivity contribution in [3.8, 4) is 11.5 Å². The molecule has 0 fully saturated rings. The first-order valence-electron chi connectivity index (χ1n) is 17.1. The first kappa shape index (κ1) is 40.4. The molecule has 0 radical (unpaired) electrons. The fourth-order valence-corrected chi connectivity index (χ4v) is 4.98. The first-order valence-corrected chi connectivity index (χ1v) is 17.1. The molecule has 0 aliphatic heterocycles. The highest BCUT2D eigenvalue weighted by atomic mass is 17.2. The molecule has 0 saturated heterocycles. The van der Waals surface area contributed by atoms with Crippen LogP contribution >= 0.6 is 0 Å². The fraction of sp³-hybridized carbons (Fsp3) is 0.250. The van der Waals surface area contributed by atoms with Crippen LogP contribution < -0.4 is 20.1 Å². The van der Waals surface area contributed by atoms with E-state index in [9.17, 15) is 28.8 Å². The summed E-state index contributed by atoms with van der Waals surface area (Å²) in [6.07, 6.45) is 0.283. The third kappa shape index (κ3) is 11.6. The van der Waals surface area contributed by atoms with Crippen LogP contribution in [-0.2, 0) is 28.8 Å². The molecular weight excluding hydrogens is 700 g/mol. The van der Waals surface area contributed by atoms with Gasteiger partial charge in [0, 0.05) is 24.2 Å². The Balaban J connectivity index is 1.41. The van der Waals surface area contributed by atoms with Crippen molar-refractivity contribution >= 4 is 35.4 Å². The van der Waals surface area contributed by atoms with Crippen LogP contribution in [0.15, 0.2) is 97.1 Å². The lowest BCUT2D eigenvalue weighted by Gasteiger charge is -2.13. The zero-order valence-electron chi connectivity index (χ0n) is 29.8. The van der Waals surface area contributed by atoms with E-state index in [0.717, 1.165) is 0 Å². The molecule has 4 rings (SSSR count). The van der Waals surface area contributed by atoms with E-state index in [1.54, 1.807) is 62.4 Å². The Bertz CT molecular complexity index is 1800. The molecule has 54 heavy (non-hydrogen) atoms. The summed E-state index contributed by atoms with van der Waals surface area (Å²) in [5.41, 5.74) is -0.190. The number of hydrogen-bond donors (Lipinski definition) is 2. The van der Waals surface area contributed by atoms with E-state index in [-0.39, 0.29) is 96.3 Å². The van der Waals surface area contributed by atoms with Crippen molar-refractivity contribution in [3.05, 3.63) is 130 Å². The van der Waals surface area contributed by atoms with Crippen LogP contribution in [0.3, 0.4) is 0 Å². The van der Waals surface area contributed by atoms with Crippen LogP contribution in [0.1, 0.15) is 79.2 Å². The first-order chi connectivity index (χ1) is 26.2. The van der Waals surface area contributed by atoms with Gasteiger partial charge in [-0.05, 0) is 50.2 Å². The Morgan fingerprint density at radius 3 is 1.17 bits per heavy atom. The zero-order valence-corrected chi connectivity index (χ0v) is 29.8. The van der Waals surface area contributed by atoms with E-state index >= 15 is 0 Å². The van der Waals surface area contributed by atoms with Gasteiger partial charge < -0.3 is 18.9 Å². The molecule has 282 valence electrons. The van der Waals surface area contributed by atoms with Gasteiger partial charge in [0.1, 0.15) is 25.0 Å². The molecule has 0 aliphatic rings. The van der Waals surface area contributed by atoms with Gasteiger partial charge >= 0.3 is 23.9 Å². The molecule has 0 heterocycles. The second kappa shape index (κ2) is 21.2. The maximum atomic E-state index is 13.7. The zero-order chi connectivity index (χ0) is 38.7. The van der Waals surface area contributed by atoms with Crippen LogP contribution in [0.5, 0.6) is 11.5 Å². The SMILES string of the molecule is CCOC(=O)CCNCOc1ccccc1C(=O)c1ccccc1C(=O)OOC(=O)c1ccccc1C(=O)c1ccccc1OCNCCC(=O)OCC. The second-order valence-corrected chi connectivity index (χ2v) is 11.2. The molecule has 2 N–H and O–H groups in total. The summed E-state index contributed by atoms with van der Waals surface area (Å²) in [5, 5.41) is 5.88. The standard InChI is InChI=1S/C40H40N2O12/c1-3-49-35(43)21-23-41-25-51-33-19-11-9-17-31(33)37(45)27-13-5-7-15-29(27)39(47)53-54-40(48)30-16-8-6-14-28(30)38(46)32-18-10-12-20-34(32)52-26-42-24-22-36(44)50-4-2/h5-20,41-42H,3-4,21-26H2,1-2H3. The molecule has 4 aromatic carbocycles. The third-order valence-corrected chi connectivity index (χ3v) is 7.52. The summed E-state index contributed by atoms with van der Waals surface area (Å²) in [7, 11) is 0. The van der Waals surface area contributed by atoms with Crippen molar-refractivity contribution in [1.29, 1.82) is 0 Å². The maximum Gasteiger partial charge on any atom is 0.387 e. The van der Waals surface area contributed by atoms with Crippen LogP contribution in [-0.4, -0.2) is 75.2 Å². The third-order valence-electron chi connectivity index (χ3n) is 7.52. The van der Waals surface area contributed by atoms with Gasteiger partial charge in [0.25, 0.3) is 0 Å². The van der Waals surface area contributed by atoms with Crippen molar-refractivity contribution in [1.82, 2.24) is 10.6 Å². The Morgan fingerprint density at radius 1 is 0.463 bits per heavy atom. The van der Waals surface area contributed by atoms with E-state index < -0.39 is 23.5 Å². The molecule has 14 nitrogen and oxygen atoms in total. The molecule has 14 heteroatoms. The largest absolute Gasteiger partial charge is 0.478 e. The van der Waals surface area contributed by atoms with Gasteiger partial charge in [-0.3, -0.25) is 29.8 Å². The maximum absolute atomic E-state index is 13.7. The monoisotopic (exact) mass is 740 g/mol. The van der Waals surface area contributed by atoms with Crippen molar-refractivity contribution < 1.29 is 57.5 Å². The van der Waals surface area contributed by atoms with Gasteiger partial charge in [-0.25, -0.2) is 19.4 Å². The summed E-state index contributed by atoms with van der Waals surface area (Å²) in [6, 6.07) is 24.5. The van der Waals surface area contributed by atoms with Crippen LogP contribution in [0.4, 0.5) is 0 Å². The minimum absolute atomic E-state index is 0.0122. The van der Waals surface area contributed by atoms with E-state index in [1.165, 1.54) is 48.5 Å². The molecule has 0 aliphatic carbocycles. The Morgan fingerprint density at radius 2 is 0.796 bits per heavy atom. The van der Waals surface area contributed by atoms with E-state index in [4.69, 9.17) is 28.7 Å². The molecule has 0 bridgehead atoms. The van der Waals surface area contributed by atoms with Crippen LogP contribution in [0.25, 0.3) is 0 Å². The average Bonchev–Trinajstić information content (AvgIpc) is 3.19. The Labute approximate surface area is 311 Å². The molecule has 0 atom stereocenters. The number of nitrogens with one attached hydrogen (secondary N) is 2. The van der Waals surface area contributed by atoms with Gasteiger partial charge in [0.05, 0.1) is 48.3 Å². The quantitative estimate of drug-likeness (QED) is 0.0314. The highest BCUT2D eigenvalue weighted by Crippen LogP contribution is 2.26. The number of ketones is 2. The van der Waals surface area contributed by atoms with E-state index in [0.29, 0.717) is 13.1 Å². The predicted molar refractivity (Wildman–Crippen MR) is 193 cm³/mol. The summed E-state index contributed by atoms with van der Waals surface area (Å²) in [5.74, 6) is -3.67. The molecule has 0 saturated carbocycles. The second-order valence-electron chi connectivity index (χ2n) is 11.2. The highest BCUT2D eigenvalue weighted by Gasteiger charge is 2.26. The minimum Gasteiger partial charge on any atom is -0.478 e. The number of ether oxygens (including phenoxy) is 4.